The van der Waals surface area contributed by atoms with Crippen molar-refractivity contribution >= 4 is 17.9 Å². The number of rotatable bonds is 6. The van der Waals surface area contributed by atoms with Crippen LogP contribution < -0.4 is 9.47 Å². The van der Waals surface area contributed by atoms with Crippen molar-refractivity contribution in [2.24, 2.45) is 0 Å². The first-order valence-electron chi connectivity index (χ1n) is 7.33. The van der Waals surface area contributed by atoms with Crippen LogP contribution in [0.5, 0.6) is 11.6 Å². The minimum Gasteiger partial charge on any atom is -0.485 e. The quantitative estimate of drug-likeness (QED) is 0.499. The molecule has 0 fully saturated rings. The average molecular weight is 341 g/mol. The van der Waals surface area contributed by atoms with Gasteiger partial charge in [0.2, 0.25) is 5.88 Å². The van der Waals surface area contributed by atoms with Crippen LogP contribution in [0.25, 0.3) is 5.65 Å². The SMILES string of the molecule is COC(=O)c1cccn2cc(COc3cnc(OC)cc3C=O)nc12. The summed E-state index contributed by atoms with van der Waals surface area (Å²) in [7, 11) is 2.78. The first-order valence-corrected chi connectivity index (χ1v) is 7.33. The number of pyridine rings is 2. The van der Waals surface area contributed by atoms with E-state index in [2.05, 4.69) is 9.97 Å². The van der Waals surface area contributed by atoms with Gasteiger partial charge < -0.3 is 18.6 Å². The minimum atomic E-state index is -0.466. The third-order valence-electron chi connectivity index (χ3n) is 3.52. The summed E-state index contributed by atoms with van der Waals surface area (Å²) in [4.78, 5) is 31.4. The fourth-order valence-electron chi connectivity index (χ4n) is 2.32. The molecule has 0 N–H and O–H groups in total. The molecular weight excluding hydrogens is 326 g/mol. The topological polar surface area (TPSA) is 92.0 Å². The predicted octanol–water partition coefficient (Wildman–Crippen LogP) is 1.92. The Kier molecular flexibility index (Phi) is 4.60. The summed E-state index contributed by atoms with van der Waals surface area (Å²) in [6, 6.07) is 4.85. The normalized spacial score (nSPS) is 10.5. The van der Waals surface area contributed by atoms with Gasteiger partial charge in [-0.15, -0.1) is 0 Å². The lowest BCUT2D eigenvalue weighted by Gasteiger charge is -2.07. The molecule has 25 heavy (non-hydrogen) atoms. The zero-order valence-electron chi connectivity index (χ0n) is 13.6. The number of methoxy groups -OCH3 is 2. The summed E-state index contributed by atoms with van der Waals surface area (Å²) in [6.07, 6.45) is 5.58. The second-order valence-corrected chi connectivity index (χ2v) is 5.05. The van der Waals surface area contributed by atoms with Crippen LogP contribution in [0.2, 0.25) is 0 Å². The molecule has 0 bridgehead atoms. The van der Waals surface area contributed by atoms with Gasteiger partial charge in [-0.1, -0.05) is 0 Å². The molecule has 0 radical (unpaired) electrons. The number of hydrogen-bond donors (Lipinski definition) is 0. The number of carbonyl (C=O) groups excluding carboxylic acids is 2. The van der Waals surface area contributed by atoms with E-state index in [1.165, 1.54) is 26.5 Å². The maximum absolute atomic E-state index is 11.8. The molecule has 128 valence electrons. The smallest absolute Gasteiger partial charge is 0.341 e. The molecule has 3 aromatic heterocycles. The number of fused-ring (bicyclic) bond motifs is 1. The number of ether oxygens (including phenoxy) is 3. The average Bonchev–Trinajstić information content (AvgIpc) is 3.08. The van der Waals surface area contributed by atoms with E-state index >= 15 is 0 Å². The molecular formula is C17H15N3O5. The summed E-state index contributed by atoms with van der Waals surface area (Å²) >= 11 is 0. The van der Waals surface area contributed by atoms with Crippen molar-refractivity contribution in [2.45, 2.75) is 6.61 Å². The lowest BCUT2D eigenvalue weighted by molar-refractivity contribution is 0.0602. The molecule has 0 unspecified atom stereocenters. The van der Waals surface area contributed by atoms with E-state index in [0.717, 1.165) is 0 Å². The van der Waals surface area contributed by atoms with Gasteiger partial charge in [0.1, 0.15) is 17.9 Å². The van der Waals surface area contributed by atoms with E-state index in [9.17, 15) is 9.59 Å². The van der Waals surface area contributed by atoms with E-state index in [-0.39, 0.29) is 6.61 Å². The maximum Gasteiger partial charge on any atom is 0.341 e. The summed E-state index contributed by atoms with van der Waals surface area (Å²) < 4.78 is 17.1. The molecule has 0 saturated heterocycles. The van der Waals surface area contributed by atoms with Crippen LogP contribution in [0.4, 0.5) is 0 Å². The molecule has 0 aliphatic heterocycles. The summed E-state index contributed by atoms with van der Waals surface area (Å²) in [5.41, 5.74) is 1.74. The highest BCUT2D eigenvalue weighted by atomic mass is 16.5. The van der Waals surface area contributed by atoms with Crippen molar-refractivity contribution in [3.8, 4) is 11.6 Å². The largest absolute Gasteiger partial charge is 0.485 e. The van der Waals surface area contributed by atoms with Gasteiger partial charge in [-0.3, -0.25) is 4.79 Å². The van der Waals surface area contributed by atoms with E-state index in [1.54, 1.807) is 28.9 Å². The molecule has 0 saturated carbocycles. The van der Waals surface area contributed by atoms with Crippen molar-refractivity contribution in [1.29, 1.82) is 0 Å². The third-order valence-corrected chi connectivity index (χ3v) is 3.52. The molecule has 8 nitrogen and oxygen atoms in total. The first kappa shape index (κ1) is 16.4. The Balaban J connectivity index is 1.85. The molecule has 0 atom stereocenters. The van der Waals surface area contributed by atoms with Crippen LogP contribution in [-0.4, -0.2) is 40.8 Å². The van der Waals surface area contributed by atoms with Gasteiger partial charge in [-0.25, -0.2) is 14.8 Å². The Morgan fingerprint density at radius 1 is 1.36 bits per heavy atom. The molecule has 3 heterocycles. The molecule has 8 heteroatoms. The summed E-state index contributed by atoms with van der Waals surface area (Å²) in [5.74, 6) is 0.178. The van der Waals surface area contributed by atoms with Gasteiger partial charge in [-0.2, -0.15) is 0 Å². The van der Waals surface area contributed by atoms with Crippen LogP contribution in [0.15, 0.2) is 36.8 Å². The number of nitrogens with zero attached hydrogens (tertiary/aromatic N) is 3. The van der Waals surface area contributed by atoms with Crippen molar-refractivity contribution in [2.75, 3.05) is 14.2 Å². The zero-order valence-corrected chi connectivity index (χ0v) is 13.6. The third kappa shape index (κ3) is 3.27. The highest BCUT2D eigenvalue weighted by Gasteiger charge is 2.14. The number of carbonyl (C=O) groups is 2. The second-order valence-electron chi connectivity index (χ2n) is 5.05. The van der Waals surface area contributed by atoms with Crippen molar-refractivity contribution in [3.63, 3.8) is 0 Å². The Morgan fingerprint density at radius 3 is 2.92 bits per heavy atom. The van der Waals surface area contributed by atoms with Crippen LogP contribution >= 0.6 is 0 Å². The molecule has 0 amide bonds. The number of aldehydes is 1. The van der Waals surface area contributed by atoms with E-state index in [4.69, 9.17) is 14.2 Å². The highest BCUT2D eigenvalue weighted by Crippen LogP contribution is 2.21. The molecule has 3 aromatic rings. The lowest BCUT2D eigenvalue weighted by atomic mass is 10.2. The Labute approximate surface area is 143 Å². The number of hydrogen-bond acceptors (Lipinski definition) is 7. The second kappa shape index (κ2) is 7.00. The van der Waals surface area contributed by atoms with E-state index < -0.39 is 5.97 Å². The van der Waals surface area contributed by atoms with Gasteiger partial charge >= 0.3 is 5.97 Å². The van der Waals surface area contributed by atoms with Crippen molar-refractivity contribution < 1.29 is 23.8 Å². The molecule has 0 aliphatic carbocycles. The Bertz CT molecular complexity index is 935. The molecule has 0 aromatic carbocycles. The lowest BCUT2D eigenvalue weighted by Crippen LogP contribution is -2.04. The Hall–Kier alpha value is -3.42. The molecule has 0 spiro atoms. The van der Waals surface area contributed by atoms with Crippen molar-refractivity contribution in [3.05, 3.63) is 53.6 Å². The van der Waals surface area contributed by atoms with Crippen molar-refractivity contribution in [1.82, 2.24) is 14.4 Å². The van der Waals surface area contributed by atoms with Gasteiger partial charge in [0.05, 0.1) is 31.7 Å². The van der Waals surface area contributed by atoms with E-state index in [1.807, 2.05) is 0 Å². The van der Waals surface area contributed by atoms with E-state index in [0.29, 0.717) is 40.4 Å². The number of imidazole rings is 1. The zero-order chi connectivity index (χ0) is 17.8. The standard InChI is InChI=1S/C17H15N3O5/c1-23-15-6-11(9-21)14(7-18-15)25-10-12-8-20-5-3-4-13(16(20)19-12)17(22)24-2/h3-9H,10H2,1-2H3. The maximum atomic E-state index is 11.8. The van der Waals surface area contributed by atoms with Crippen LogP contribution in [-0.2, 0) is 11.3 Å². The minimum absolute atomic E-state index is 0.108. The number of esters is 1. The van der Waals surface area contributed by atoms with Gasteiger partial charge in [-0.05, 0) is 12.1 Å². The van der Waals surface area contributed by atoms with Gasteiger partial charge in [0.25, 0.3) is 0 Å². The van der Waals surface area contributed by atoms with Gasteiger partial charge in [0.15, 0.2) is 11.9 Å². The van der Waals surface area contributed by atoms with Gasteiger partial charge in [0, 0.05) is 18.5 Å². The van der Waals surface area contributed by atoms with Crippen LogP contribution in [0.1, 0.15) is 26.4 Å². The fraction of sp³-hybridized carbons (Fsp3) is 0.176. The monoisotopic (exact) mass is 341 g/mol. The molecule has 3 rings (SSSR count). The summed E-state index contributed by atoms with van der Waals surface area (Å²) in [6.45, 7) is 0.108. The summed E-state index contributed by atoms with van der Waals surface area (Å²) in [5, 5.41) is 0. The Morgan fingerprint density at radius 2 is 2.20 bits per heavy atom. The van der Waals surface area contributed by atoms with Crippen LogP contribution in [0, 0.1) is 0 Å². The highest BCUT2D eigenvalue weighted by molar-refractivity contribution is 5.95. The number of aromatic nitrogens is 3. The fourth-order valence-corrected chi connectivity index (χ4v) is 2.32. The predicted molar refractivity (Wildman–Crippen MR) is 87.0 cm³/mol. The molecule has 0 aliphatic rings. The first-order chi connectivity index (χ1) is 12.2. The van der Waals surface area contributed by atoms with Crippen LogP contribution in [0.3, 0.4) is 0 Å².